The molecule has 0 spiro atoms. The third kappa shape index (κ3) is 8.43. The average molecular weight is 435 g/mol. The first-order valence-electron chi connectivity index (χ1n) is 12.9. The smallest absolute Gasteiger partial charge is 0.220 e. The van der Waals surface area contributed by atoms with Crippen LogP contribution < -0.4 is 10.6 Å². The molecule has 0 aliphatic carbocycles. The van der Waals surface area contributed by atoms with Gasteiger partial charge < -0.3 is 10.6 Å². The van der Waals surface area contributed by atoms with Gasteiger partial charge in [-0.05, 0) is 30.4 Å². The monoisotopic (exact) mass is 434 g/mol. The van der Waals surface area contributed by atoms with Gasteiger partial charge in [-0.1, -0.05) is 119 Å². The van der Waals surface area contributed by atoms with Gasteiger partial charge in [-0.15, -0.1) is 0 Å². The molecule has 0 radical (unpaired) electrons. The fourth-order valence-electron chi connectivity index (χ4n) is 4.89. The van der Waals surface area contributed by atoms with E-state index in [2.05, 4.69) is 78.2 Å². The van der Waals surface area contributed by atoms with E-state index in [1.54, 1.807) is 0 Å². The number of nitrogens with one attached hydrogen (secondary N) is 2. The standard InChI is InChI=1S/C29H42N2O/c1-2-3-4-5-6-7-8-9-16-21-29(32)30-26-22-27(24-17-12-10-13-18-24)31-28(23-26)25-19-14-11-15-20-25/h10-15,17-20,26-28,31H,2-9,16,21-23H2,1H3,(H,30,32). The van der Waals surface area contributed by atoms with Crippen molar-refractivity contribution in [1.29, 1.82) is 0 Å². The summed E-state index contributed by atoms with van der Waals surface area (Å²) in [6, 6.07) is 22.0. The Hall–Kier alpha value is -2.13. The number of hydrogen-bond donors (Lipinski definition) is 2. The van der Waals surface area contributed by atoms with Gasteiger partial charge in [0.05, 0.1) is 0 Å². The highest BCUT2D eigenvalue weighted by molar-refractivity contribution is 5.76. The summed E-state index contributed by atoms with van der Waals surface area (Å²) in [5.74, 6) is 0.221. The minimum atomic E-state index is 0.206. The molecular formula is C29H42N2O. The number of carbonyl (C=O) groups excluding carboxylic acids is 1. The lowest BCUT2D eigenvalue weighted by Gasteiger charge is -2.37. The minimum Gasteiger partial charge on any atom is -0.353 e. The predicted octanol–water partition coefficient (Wildman–Crippen LogP) is 7.26. The molecule has 1 fully saturated rings. The van der Waals surface area contributed by atoms with Gasteiger partial charge in [-0.25, -0.2) is 0 Å². The Morgan fingerprint density at radius 3 is 1.72 bits per heavy atom. The van der Waals surface area contributed by atoms with Crippen LogP contribution in [0.2, 0.25) is 0 Å². The van der Waals surface area contributed by atoms with Crippen molar-refractivity contribution in [3.05, 3.63) is 71.8 Å². The van der Waals surface area contributed by atoms with Crippen LogP contribution in [0, 0.1) is 0 Å². The molecule has 3 heteroatoms. The highest BCUT2D eigenvalue weighted by Crippen LogP contribution is 2.33. The molecule has 1 aliphatic rings. The summed E-state index contributed by atoms with van der Waals surface area (Å²) in [5, 5.41) is 7.19. The minimum absolute atomic E-state index is 0.206. The van der Waals surface area contributed by atoms with Crippen LogP contribution in [0.3, 0.4) is 0 Å². The van der Waals surface area contributed by atoms with Crippen molar-refractivity contribution >= 4 is 5.91 Å². The first-order valence-corrected chi connectivity index (χ1v) is 12.9. The molecule has 2 atom stereocenters. The van der Waals surface area contributed by atoms with E-state index in [0.717, 1.165) is 19.3 Å². The molecule has 32 heavy (non-hydrogen) atoms. The number of unbranched alkanes of at least 4 members (excludes halogenated alkanes) is 8. The van der Waals surface area contributed by atoms with Gasteiger partial charge in [0.15, 0.2) is 0 Å². The van der Waals surface area contributed by atoms with Crippen molar-refractivity contribution in [2.24, 2.45) is 0 Å². The molecule has 2 N–H and O–H groups in total. The Kier molecular flexibility index (Phi) is 10.8. The molecule has 0 aromatic heterocycles. The van der Waals surface area contributed by atoms with E-state index >= 15 is 0 Å². The summed E-state index contributed by atoms with van der Waals surface area (Å²) in [6.07, 6.45) is 14.1. The van der Waals surface area contributed by atoms with Crippen molar-refractivity contribution < 1.29 is 4.79 Å². The van der Waals surface area contributed by atoms with Gasteiger partial charge in [-0.3, -0.25) is 4.79 Å². The Morgan fingerprint density at radius 2 is 1.22 bits per heavy atom. The number of amides is 1. The zero-order valence-electron chi connectivity index (χ0n) is 19.9. The third-order valence-corrected chi connectivity index (χ3v) is 6.72. The summed E-state index contributed by atoms with van der Waals surface area (Å²) >= 11 is 0. The maximum Gasteiger partial charge on any atom is 0.220 e. The van der Waals surface area contributed by atoms with E-state index in [-0.39, 0.29) is 24.0 Å². The van der Waals surface area contributed by atoms with E-state index in [9.17, 15) is 4.79 Å². The van der Waals surface area contributed by atoms with Crippen LogP contribution in [0.25, 0.3) is 0 Å². The van der Waals surface area contributed by atoms with E-state index in [0.29, 0.717) is 6.42 Å². The zero-order chi connectivity index (χ0) is 22.4. The van der Waals surface area contributed by atoms with E-state index in [1.807, 2.05) is 0 Å². The highest BCUT2D eigenvalue weighted by Gasteiger charge is 2.30. The van der Waals surface area contributed by atoms with Crippen LogP contribution in [-0.4, -0.2) is 11.9 Å². The van der Waals surface area contributed by atoms with Crippen LogP contribution in [0.1, 0.15) is 107 Å². The van der Waals surface area contributed by atoms with Crippen molar-refractivity contribution in [2.45, 2.75) is 102 Å². The maximum atomic E-state index is 12.7. The fraction of sp³-hybridized carbons (Fsp3) is 0.552. The predicted molar refractivity (Wildman–Crippen MR) is 135 cm³/mol. The van der Waals surface area contributed by atoms with Crippen molar-refractivity contribution in [2.75, 3.05) is 0 Å². The fourth-order valence-corrected chi connectivity index (χ4v) is 4.89. The highest BCUT2D eigenvalue weighted by atomic mass is 16.1. The molecular weight excluding hydrogens is 392 g/mol. The summed E-state index contributed by atoms with van der Waals surface area (Å²) < 4.78 is 0. The van der Waals surface area contributed by atoms with Gasteiger partial charge in [0, 0.05) is 24.5 Å². The van der Waals surface area contributed by atoms with Crippen LogP contribution in [-0.2, 0) is 4.79 Å². The average Bonchev–Trinajstić information content (AvgIpc) is 2.84. The lowest BCUT2D eigenvalue weighted by atomic mass is 9.86. The van der Waals surface area contributed by atoms with Gasteiger partial charge in [-0.2, -0.15) is 0 Å². The molecule has 3 rings (SSSR count). The number of rotatable bonds is 13. The van der Waals surface area contributed by atoms with E-state index in [1.165, 1.54) is 62.5 Å². The van der Waals surface area contributed by atoms with Crippen molar-refractivity contribution in [3.8, 4) is 0 Å². The lowest BCUT2D eigenvalue weighted by molar-refractivity contribution is -0.122. The zero-order valence-corrected chi connectivity index (χ0v) is 19.9. The van der Waals surface area contributed by atoms with E-state index in [4.69, 9.17) is 0 Å². The molecule has 1 saturated heterocycles. The first-order chi connectivity index (χ1) is 15.8. The van der Waals surface area contributed by atoms with Crippen molar-refractivity contribution in [1.82, 2.24) is 10.6 Å². The Morgan fingerprint density at radius 1 is 0.750 bits per heavy atom. The van der Waals surface area contributed by atoms with Gasteiger partial charge >= 0.3 is 0 Å². The maximum absolute atomic E-state index is 12.7. The molecule has 2 aromatic rings. The normalized spacial score (nSPS) is 20.7. The van der Waals surface area contributed by atoms with Crippen LogP contribution in [0.15, 0.2) is 60.7 Å². The molecule has 0 bridgehead atoms. The molecule has 2 aromatic carbocycles. The summed E-state index contributed by atoms with van der Waals surface area (Å²) in [4.78, 5) is 12.7. The van der Waals surface area contributed by atoms with Gasteiger partial charge in [0.2, 0.25) is 5.91 Å². The number of hydrogen-bond acceptors (Lipinski definition) is 2. The molecule has 1 amide bonds. The van der Waals surface area contributed by atoms with Gasteiger partial charge in [0.25, 0.3) is 0 Å². The molecule has 174 valence electrons. The number of piperidine rings is 1. The second kappa shape index (κ2) is 14.1. The Balaban J connectivity index is 1.45. The summed E-state index contributed by atoms with van der Waals surface area (Å²) in [6.45, 7) is 2.26. The summed E-state index contributed by atoms with van der Waals surface area (Å²) in [5.41, 5.74) is 2.60. The number of benzene rings is 2. The molecule has 1 heterocycles. The third-order valence-electron chi connectivity index (χ3n) is 6.72. The Bertz CT molecular complexity index is 714. The van der Waals surface area contributed by atoms with Crippen molar-refractivity contribution in [3.63, 3.8) is 0 Å². The SMILES string of the molecule is CCCCCCCCCCCC(=O)NC1CC(c2ccccc2)NC(c2ccccc2)C1. The second-order valence-electron chi connectivity index (χ2n) is 9.41. The number of carbonyl (C=O) groups is 1. The second-order valence-corrected chi connectivity index (χ2v) is 9.41. The summed E-state index contributed by atoms with van der Waals surface area (Å²) in [7, 11) is 0. The van der Waals surface area contributed by atoms with Crippen LogP contribution in [0.5, 0.6) is 0 Å². The van der Waals surface area contributed by atoms with Crippen LogP contribution >= 0.6 is 0 Å². The van der Waals surface area contributed by atoms with Gasteiger partial charge in [0.1, 0.15) is 0 Å². The van der Waals surface area contributed by atoms with E-state index < -0.39 is 0 Å². The topological polar surface area (TPSA) is 41.1 Å². The molecule has 3 nitrogen and oxygen atoms in total. The molecule has 2 unspecified atom stereocenters. The lowest BCUT2D eigenvalue weighted by Crippen LogP contribution is -2.45. The molecule has 0 saturated carbocycles. The first kappa shape index (κ1) is 24.5. The largest absolute Gasteiger partial charge is 0.353 e. The Labute approximate surface area is 195 Å². The quantitative estimate of drug-likeness (QED) is 0.326. The van der Waals surface area contributed by atoms with Crippen LogP contribution in [0.4, 0.5) is 0 Å². The molecule has 1 aliphatic heterocycles.